The summed E-state index contributed by atoms with van der Waals surface area (Å²) in [5.41, 5.74) is 3.25. The van der Waals surface area contributed by atoms with E-state index in [-0.39, 0.29) is 0 Å². The molecule has 1 heterocycles. The van der Waals surface area contributed by atoms with E-state index in [2.05, 4.69) is 48.3 Å². The Morgan fingerprint density at radius 1 is 1.14 bits per heavy atom. The van der Waals surface area contributed by atoms with Gasteiger partial charge < -0.3 is 5.32 Å². The molecule has 2 unspecified atom stereocenters. The zero-order valence-electron chi connectivity index (χ0n) is 13.3. The smallest absolute Gasteiger partial charge is 0.0443 e. The van der Waals surface area contributed by atoms with E-state index in [1.54, 1.807) is 11.1 Å². The maximum atomic E-state index is 3.88. The lowest BCUT2D eigenvalue weighted by atomic mass is 9.76. The van der Waals surface area contributed by atoms with Crippen LogP contribution in [-0.4, -0.2) is 17.5 Å². The lowest BCUT2D eigenvalue weighted by molar-refractivity contribution is 0.407. The van der Waals surface area contributed by atoms with E-state index in [9.17, 15) is 0 Å². The Bertz CT molecular complexity index is 435. The molecule has 2 atom stereocenters. The van der Waals surface area contributed by atoms with Crippen LogP contribution in [0.4, 0.5) is 0 Å². The molecule has 0 spiro atoms. The van der Waals surface area contributed by atoms with Crippen molar-refractivity contribution in [1.29, 1.82) is 0 Å². The Kier molecular flexibility index (Phi) is 5.65. The summed E-state index contributed by atoms with van der Waals surface area (Å²) < 4.78 is 0. The normalized spacial score (nSPS) is 24.5. The largest absolute Gasteiger partial charge is 0.309 e. The molecule has 1 aromatic rings. The molecule has 0 aromatic heterocycles. The average Bonchev–Trinajstić information content (AvgIpc) is 2.48. The van der Waals surface area contributed by atoms with E-state index in [1.807, 2.05) is 0 Å². The van der Waals surface area contributed by atoms with E-state index in [0.29, 0.717) is 6.04 Å². The van der Waals surface area contributed by atoms with Gasteiger partial charge in [-0.1, -0.05) is 44.0 Å². The van der Waals surface area contributed by atoms with Gasteiger partial charge in [0.25, 0.3) is 0 Å². The van der Waals surface area contributed by atoms with Crippen LogP contribution in [0.1, 0.15) is 75.0 Å². The maximum Gasteiger partial charge on any atom is 0.0443 e. The molecule has 2 aliphatic rings. The van der Waals surface area contributed by atoms with Gasteiger partial charge >= 0.3 is 0 Å². The molecule has 21 heavy (non-hydrogen) atoms. The number of rotatable bonds is 6. The lowest BCUT2D eigenvalue weighted by Gasteiger charge is -2.35. The van der Waals surface area contributed by atoms with Crippen LogP contribution in [0.3, 0.4) is 0 Å². The molecule has 1 aliphatic carbocycles. The Morgan fingerprint density at radius 2 is 2.00 bits per heavy atom. The van der Waals surface area contributed by atoms with Crippen molar-refractivity contribution in [3.8, 4) is 0 Å². The average molecular weight is 304 g/mol. The van der Waals surface area contributed by atoms with Crippen LogP contribution < -0.4 is 5.32 Å². The molecule has 0 bridgehead atoms. The van der Waals surface area contributed by atoms with Gasteiger partial charge in [-0.05, 0) is 61.4 Å². The van der Waals surface area contributed by atoms with Crippen molar-refractivity contribution in [1.82, 2.24) is 5.32 Å². The van der Waals surface area contributed by atoms with Gasteiger partial charge in [-0.3, -0.25) is 0 Å². The van der Waals surface area contributed by atoms with Crippen molar-refractivity contribution in [3.05, 3.63) is 35.4 Å². The van der Waals surface area contributed by atoms with Crippen LogP contribution in [-0.2, 0) is 0 Å². The zero-order valence-corrected chi connectivity index (χ0v) is 14.1. The van der Waals surface area contributed by atoms with Crippen LogP contribution in [0.15, 0.2) is 24.3 Å². The minimum Gasteiger partial charge on any atom is -0.309 e. The van der Waals surface area contributed by atoms with E-state index in [0.717, 1.165) is 17.7 Å². The van der Waals surface area contributed by atoms with Gasteiger partial charge in [0.1, 0.15) is 0 Å². The van der Waals surface area contributed by atoms with E-state index in [4.69, 9.17) is 0 Å². The molecule has 3 rings (SSSR count). The summed E-state index contributed by atoms with van der Waals surface area (Å²) in [6.07, 6.45) is 9.64. The van der Waals surface area contributed by atoms with E-state index in [1.165, 1.54) is 50.7 Å². The second-order valence-corrected chi connectivity index (χ2v) is 7.94. The number of benzene rings is 1. The maximum absolute atomic E-state index is 3.88. The first kappa shape index (κ1) is 15.4. The first-order chi connectivity index (χ1) is 10.4. The highest BCUT2D eigenvalue weighted by molar-refractivity contribution is 8.00. The summed E-state index contributed by atoms with van der Waals surface area (Å²) in [4.78, 5) is 0. The van der Waals surface area contributed by atoms with E-state index >= 15 is 0 Å². The molecule has 1 aromatic carbocycles. The Balaban J connectivity index is 1.84. The molecule has 1 aliphatic heterocycles. The van der Waals surface area contributed by atoms with Crippen molar-refractivity contribution in [3.63, 3.8) is 0 Å². The zero-order chi connectivity index (χ0) is 14.5. The molecule has 1 nitrogen and oxygen atoms in total. The summed E-state index contributed by atoms with van der Waals surface area (Å²) >= 11 is 2.20. The predicted octanol–water partition coefficient (Wildman–Crippen LogP) is 5.28. The van der Waals surface area contributed by atoms with Gasteiger partial charge in [-0.15, -0.1) is 0 Å². The van der Waals surface area contributed by atoms with Crippen LogP contribution in [0.25, 0.3) is 0 Å². The topological polar surface area (TPSA) is 12.0 Å². The fourth-order valence-corrected chi connectivity index (χ4v) is 5.10. The molecule has 2 heteroatoms. The quantitative estimate of drug-likeness (QED) is 0.767. The third-order valence-electron chi connectivity index (χ3n) is 5.08. The number of hydrogen-bond donors (Lipinski definition) is 1. The molecular formula is C19H29NS. The molecule has 2 fully saturated rings. The highest BCUT2D eigenvalue weighted by atomic mass is 32.2. The standard InChI is InChI=1S/C19H29NS/c1-2-13-20-19(18-12-5-6-14-21-18)17-11-4-3-10-16(17)15-8-7-9-15/h3-4,10-11,15,18-20H,2,5-9,12-14H2,1H3. The minimum atomic E-state index is 0.562. The van der Waals surface area contributed by atoms with Crippen molar-refractivity contribution in [2.45, 2.75) is 69.1 Å². The van der Waals surface area contributed by atoms with Gasteiger partial charge in [-0.2, -0.15) is 11.8 Å². The van der Waals surface area contributed by atoms with E-state index < -0.39 is 0 Å². The second kappa shape index (κ2) is 7.69. The van der Waals surface area contributed by atoms with Crippen molar-refractivity contribution in [2.75, 3.05) is 12.3 Å². The van der Waals surface area contributed by atoms with Crippen molar-refractivity contribution >= 4 is 11.8 Å². The van der Waals surface area contributed by atoms with Crippen LogP contribution in [0, 0.1) is 0 Å². The Hall–Kier alpha value is -0.470. The van der Waals surface area contributed by atoms with Gasteiger partial charge in [0.2, 0.25) is 0 Å². The number of nitrogens with one attached hydrogen (secondary N) is 1. The monoisotopic (exact) mass is 303 g/mol. The van der Waals surface area contributed by atoms with Gasteiger partial charge in [0.15, 0.2) is 0 Å². The first-order valence-corrected chi connectivity index (χ1v) is 9.89. The molecule has 116 valence electrons. The highest BCUT2D eigenvalue weighted by Gasteiger charge is 2.30. The third kappa shape index (κ3) is 3.65. The summed E-state index contributed by atoms with van der Waals surface area (Å²) in [7, 11) is 0. The SMILES string of the molecule is CCCNC(c1ccccc1C1CCC1)C1CCCCS1. The summed E-state index contributed by atoms with van der Waals surface area (Å²) in [6.45, 7) is 3.41. The Morgan fingerprint density at radius 3 is 2.67 bits per heavy atom. The predicted molar refractivity (Wildman–Crippen MR) is 94.2 cm³/mol. The summed E-state index contributed by atoms with van der Waals surface area (Å²) in [5.74, 6) is 2.18. The van der Waals surface area contributed by atoms with Crippen LogP contribution in [0.5, 0.6) is 0 Å². The summed E-state index contributed by atoms with van der Waals surface area (Å²) in [6, 6.07) is 9.84. The Labute approximate surface area is 134 Å². The lowest BCUT2D eigenvalue weighted by Crippen LogP contribution is -2.33. The molecule has 1 saturated heterocycles. The van der Waals surface area contributed by atoms with Crippen LogP contribution in [0.2, 0.25) is 0 Å². The molecular weight excluding hydrogens is 274 g/mol. The fraction of sp³-hybridized carbons (Fsp3) is 0.684. The van der Waals surface area contributed by atoms with Crippen molar-refractivity contribution in [2.24, 2.45) is 0 Å². The number of hydrogen-bond acceptors (Lipinski definition) is 2. The van der Waals surface area contributed by atoms with Gasteiger partial charge in [0, 0.05) is 11.3 Å². The molecule has 1 N–H and O–H groups in total. The molecule has 0 amide bonds. The first-order valence-electron chi connectivity index (χ1n) is 8.84. The summed E-state index contributed by atoms with van der Waals surface area (Å²) in [5, 5.41) is 4.65. The molecule has 1 saturated carbocycles. The third-order valence-corrected chi connectivity index (χ3v) is 6.54. The number of thioether (sulfide) groups is 1. The minimum absolute atomic E-state index is 0.562. The molecule has 0 radical (unpaired) electrons. The highest BCUT2D eigenvalue weighted by Crippen LogP contribution is 2.42. The second-order valence-electron chi connectivity index (χ2n) is 6.59. The van der Waals surface area contributed by atoms with Crippen LogP contribution >= 0.6 is 11.8 Å². The fourth-order valence-electron chi connectivity index (χ4n) is 3.66. The van der Waals surface area contributed by atoms with Crippen molar-refractivity contribution < 1.29 is 0 Å². The van der Waals surface area contributed by atoms with Gasteiger partial charge in [0.05, 0.1) is 0 Å². The van der Waals surface area contributed by atoms with Gasteiger partial charge in [-0.25, -0.2) is 0 Å².